The Labute approximate surface area is 99.4 Å². The van der Waals surface area contributed by atoms with E-state index < -0.39 is 11.4 Å². The van der Waals surface area contributed by atoms with Gasteiger partial charge in [-0.15, -0.1) is 0 Å². The molecule has 0 bridgehead atoms. The number of pyridine rings is 1. The Morgan fingerprint density at radius 2 is 1.88 bits per heavy atom. The molecule has 1 saturated carbocycles. The van der Waals surface area contributed by atoms with Crippen molar-refractivity contribution in [2.45, 2.75) is 19.3 Å². The van der Waals surface area contributed by atoms with Crippen LogP contribution in [-0.4, -0.2) is 30.3 Å². The lowest BCUT2D eigenvalue weighted by Crippen LogP contribution is -2.18. The number of hydrogen-bond acceptors (Lipinski definition) is 4. The number of aliphatic carboxylic acids is 1. The number of ether oxygens (including phenoxy) is 2. The van der Waals surface area contributed by atoms with Crippen molar-refractivity contribution in [1.82, 2.24) is 4.98 Å². The average Bonchev–Trinajstić information content (AvgIpc) is 3.10. The van der Waals surface area contributed by atoms with Crippen LogP contribution in [0, 0.1) is 5.41 Å². The van der Waals surface area contributed by atoms with Gasteiger partial charge in [-0.1, -0.05) is 0 Å². The van der Waals surface area contributed by atoms with Crippen molar-refractivity contribution >= 4 is 5.97 Å². The van der Waals surface area contributed by atoms with Crippen LogP contribution in [0.25, 0.3) is 0 Å². The fourth-order valence-electron chi connectivity index (χ4n) is 1.93. The van der Waals surface area contributed by atoms with Gasteiger partial charge in [-0.3, -0.25) is 9.78 Å². The Hall–Kier alpha value is -1.78. The summed E-state index contributed by atoms with van der Waals surface area (Å²) < 4.78 is 10.4. The van der Waals surface area contributed by atoms with E-state index in [1.54, 1.807) is 26.6 Å². The van der Waals surface area contributed by atoms with Crippen molar-refractivity contribution in [3.8, 4) is 11.5 Å². The van der Waals surface area contributed by atoms with Gasteiger partial charge in [0.05, 0.1) is 32.0 Å². The lowest BCUT2D eigenvalue weighted by molar-refractivity contribution is -0.143. The highest BCUT2D eigenvalue weighted by molar-refractivity contribution is 5.78. The van der Waals surface area contributed by atoms with Gasteiger partial charge in [0.1, 0.15) is 11.5 Å². The molecule has 0 atom stereocenters. The van der Waals surface area contributed by atoms with Crippen molar-refractivity contribution in [2.75, 3.05) is 14.2 Å². The van der Waals surface area contributed by atoms with Crippen molar-refractivity contribution < 1.29 is 19.4 Å². The maximum absolute atomic E-state index is 11.2. The van der Waals surface area contributed by atoms with Crippen LogP contribution in [0.1, 0.15) is 18.4 Å². The molecule has 17 heavy (non-hydrogen) atoms. The quantitative estimate of drug-likeness (QED) is 0.840. The van der Waals surface area contributed by atoms with Crippen LogP contribution < -0.4 is 9.47 Å². The van der Waals surface area contributed by atoms with E-state index in [0.717, 1.165) is 5.56 Å². The van der Waals surface area contributed by atoms with Gasteiger partial charge in [0.2, 0.25) is 0 Å². The van der Waals surface area contributed by atoms with Crippen LogP contribution in [0.2, 0.25) is 0 Å². The molecule has 5 nitrogen and oxygen atoms in total. The molecule has 1 heterocycles. The first-order chi connectivity index (χ1) is 8.13. The minimum absolute atomic E-state index is 0.428. The van der Waals surface area contributed by atoms with Crippen LogP contribution in [0.4, 0.5) is 0 Å². The summed E-state index contributed by atoms with van der Waals surface area (Å²) in [6.45, 7) is 0. The molecule has 0 spiro atoms. The Morgan fingerprint density at radius 1 is 1.35 bits per heavy atom. The van der Waals surface area contributed by atoms with E-state index in [-0.39, 0.29) is 0 Å². The monoisotopic (exact) mass is 237 g/mol. The van der Waals surface area contributed by atoms with Crippen LogP contribution in [0.3, 0.4) is 0 Å². The van der Waals surface area contributed by atoms with E-state index in [1.165, 1.54) is 0 Å². The van der Waals surface area contributed by atoms with Crippen LogP contribution in [0.5, 0.6) is 11.5 Å². The molecular weight excluding hydrogens is 222 g/mol. The lowest BCUT2D eigenvalue weighted by Gasteiger charge is -2.15. The first-order valence-corrected chi connectivity index (χ1v) is 5.41. The van der Waals surface area contributed by atoms with E-state index >= 15 is 0 Å². The number of nitrogens with zero attached hydrogens (tertiary/aromatic N) is 1. The fourth-order valence-corrected chi connectivity index (χ4v) is 1.93. The minimum Gasteiger partial charge on any atom is -0.495 e. The van der Waals surface area contributed by atoms with Gasteiger partial charge < -0.3 is 14.6 Å². The smallest absolute Gasteiger partial charge is 0.309 e. The molecule has 0 amide bonds. The molecule has 0 aliphatic heterocycles. The summed E-state index contributed by atoms with van der Waals surface area (Å²) in [5.74, 6) is 0.409. The Morgan fingerprint density at radius 3 is 2.24 bits per heavy atom. The summed E-state index contributed by atoms with van der Waals surface area (Å²) in [7, 11) is 3.08. The number of hydrogen-bond donors (Lipinski definition) is 1. The minimum atomic E-state index is -0.751. The van der Waals surface area contributed by atoms with Gasteiger partial charge in [0.25, 0.3) is 0 Å². The molecule has 5 heteroatoms. The molecule has 1 N–H and O–H groups in total. The molecule has 1 aliphatic rings. The van der Waals surface area contributed by atoms with E-state index in [0.29, 0.717) is 30.8 Å². The maximum Gasteiger partial charge on any atom is 0.309 e. The zero-order valence-corrected chi connectivity index (χ0v) is 9.90. The second-order valence-electron chi connectivity index (χ2n) is 4.28. The topological polar surface area (TPSA) is 68.7 Å². The Balaban J connectivity index is 2.34. The molecule has 0 aromatic carbocycles. The van der Waals surface area contributed by atoms with Gasteiger partial charge in [0, 0.05) is 5.56 Å². The summed E-state index contributed by atoms with van der Waals surface area (Å²) in [4.78, 5) is 15.2. The number of rotatable bonds is 5. The molecule has 1 aromatic heterocycles. The number of aromatic nitrogens is 1. The normalized spacial score (nSPS) is 16.4. The van der Waals surface area contributed by atoms with Crippen molar-refractivity contribution in [3.63, 3.8) is 0 Å². The third-order valence-corrected chi connectivity index (χ3v) is 3.24. The zero-order valence-electron chi connectivity index (χ0n) is 9.90. The van der Waals surface area contributed by atoms with Gasteiger partial charge in [-0.05, 0) is 19.3 Å². The van der Waals surface area contributed by atoms with E-state index in [9.17, 15) is 9.90 Å². The second kappa shape index (κ2) is 4.24. The highest BCUT2D eigenvalue weighted by atomic mass is 16.5. The predicted octanol–water partition coefficient (Wildman–Crippen LogP) is 1.51. The lowest BCUT2D eigenvalue weighted by atomic mass is 9.96. The first-order valence-electron chi connectivity index (χ1n) is 5.41. The van der Waals surface area contributed by atoms with Gasteiger partial charge >= 0.3 is 5.97 Å². The molecule has 0 unspecified atom stereocenters. The number of carbonyl (C=O) groups is 1. The highest BCUT2D eigenvalue weighted by Gasteiger charge is 2.51. The van der Waals surface area contributed by atoms with E-state index in [4.69, 9.17) is 9.47 Å². The van der Waals surface area contributed by atoms with Gasteiger partial charge in [-0.25, -0.2) is 0 Å². The molecule has 0 radical (unpaired) electrons. The zero-order chi connectivity index (χ0) is 12.5. The van der Waals surface area contributed by atoms with Crippen molar-refractivity contribution in [2.24, 2.45) is 5.41 Å². The fraction of sp³-hybridized carbons (Fsp3) is 0.500. The molecular formula is C12H15NO4. The highest BCUT2D eigenvalue weighted by Crippen LogP contribution is 2.50. The molecule has 0 saturated heterocycles. The van der Waals surface area contributed by atoms with E-state index in [1.807, 2.05) is 0 Å². The summed E-state index contributed by atoms with van der Waals surface area (Å²) in [5, 5.41) is 9.20. The Bertz CT molecular complexity index is 418. The first kappa shape index (κ1) is 11.7. The summed E-state index contributed by atoms with van der Waals surface area (Å²) >= 11 is 0. The largest absolute Gasteiger partial charge is 0.495 e. The van der Waals surface area contributed by atoms with Crippen LogP contribution in [-0.2, 0) is 11.2 Å². The summed E-state index contributed by atoms with van der Waals surface area (Å²) in [5.41, 5.74) is 0.145. The SMILES string of the molecule is COc1cncc(OC)c1CC1(C(=O)O)CC1. The van der Waals surface area contributed by atoms with Crippen LogP contribution in [0.15, 0.2) is 12.4 Å². The van der Waals surface area contributed by atoms with Crippen molar-refractivity contribution in [3.05, 3.63) is 18.0 Å². The predicted molar refractivity (Wildman–Crippen MR) is 60.3 cm³/mol. The van der Waals surface area contributed by atoms with Gasteiger partial charge in [0.15, 0.2) is 0 Å². The standard InChI is InChI=1S/C12H15NO4/c1-16-9-6-13-7-10(17-2)8(9)5-12(3-4-12)11(14)15/h6-7H,3-5H2,1-2H3,(H,14,15). The third-order valence-electron chi connectivity index (χ3n) is 3.24. The van der Waals surface area contributed by atoms with E-state index in [2.05, 4.69) is 4.98 Å². The van der Waals surface area contributed by atoms with Crippen LogP contribution >= 0.6 is 0 Å². The Kier molecular flexibility index (Phi) is 2.92. The van der Waals surface area contributed by atoms with Crippen molar-refractivity contribution in [1.29, 1.82) is 0 Å². The second-order valence-corrected chi connectivity index (χ2v) is 4.28. The number of carboxylic acid groups (broad SMARTS) is 1. The summed E-state index contributed by atoms with van der Waals surface area (Å²) in [6.07, 6.45) is 5.00. The molecule has 2 rings (SSSR count). The molecule has 1 aromatic rings. The average molecular weight is 237 g/mol. The molecule has 1 aliphatic carbocycles. The molecule has 92 valence electrons. The maximum atomic E-state index is 11.2. The number of methoxy groups -OCH3 is 2. The summed E-state index contributed by atoms with van der Waals surface area (Å²) in [6, 6.07) is 0. The molecule has 1 fully saturated rings. The van der Waals surface area contributed by atoms with Gasteiger partial charge in [-0.2, -0.15) is 0 Å². The number of carboxylic acids is 1. The third kappa shape index (κ3) is 2.05.